The van der Waals surface area contributed by atoms with Crippen LogP contribution in [0.2, 0.25) is 0 Å². The van der Waals surface area contributed by atoms with Crippen molar-refractivity contribution in [1.82, 2.24) is 9.80 Å². The Labute approximate surface area is 127 Å². The third-order valence-corrected chi connectivity index (χ3v) is 4.07. The smallest absolute Gasteiger partial charge is 0.225 e. The summed E-state index contributed by atoms with van der Waals surface area (Å²) in [6, 6.07) is 8.18. The fourth-order valence-corrected chi connectivity index (χ4v) is 2.75. The molecular formula is C17H26N2O2. The summed E-state index contributed by atoms with van der Waals surface area (Å²) in [6.45, 7) is 8.59. The van der Waals surface area contributed by atoms with Crippen molar-refractivity contribution in [2.45, 2.75) is 20.3 Å². The van der Waals surface area contributed by atoms with Crippen LogP contribution >= 0.6 is 0 Å². The normalized spacial score (nSPS) is 16.3. The highest BCUT2D eigenvalue weighted by Crippen LogP contribution is 2.18. The van der Waals surface area contributed by atoms with Crippen molar-refractivity contribution in [2.75, 3.05) is 39.8 Å². The number of amides is 1. The molecule has 1 aromatic carbocycles. The van der Waals surface area contributed by atoms with Crippen molar-refractivity contribution in [3.05, 3.63) is 29.8 Å². The number of rotatable bonds is 5. The molecule has 21 heavy (non-hydrogen) atoms. The number of nitrogens with zero attached hydrogens (tertiary/aromatic N) is 2. The molecule has 0 radical (unpaired) electrons. The van der Waals surface area contributed by atoms with Crippen LogP contribution < -0.4 is 4.74 Å². The van der Waals surface area contributed by atoms with Gasteiger partial charge in [-0.2, -0.15) is 0 Å². The average molecular weight is 290 g/mol. The topological polar surface area (TPSA) is 32.8 Å². The Morgan fingerprint density at radius 2 is 1.86 bits per heavy atom. The molecule has 0 N–H and O–H groups in total. The van der Waals surface area contributed by atoms with E-state index in [0.717, 1.165) is 44.9 Å². The van der Waals surface area contributed by atoms with Crippen LogP contribution in [-0.2, 0) is 11.2 Å². The highest BCUT2D eigenvalue weighted by molar-refractivity contribution is 5.78. The third-order valence-electron chi connectivity index (χ3n) is 4.07. The summed E-state index contributed by atoms with van der Waals surface area (Å²) >= 11 is 0. The number of carbonyl (C=O) groups excluding carboxylic acids is 1. The van der Waals surface area contributed by atoms with Crippen LogP contribution in [0.25, 0.3) is 0 Å². The van der Waals surface area contributed by atoms with Gasteiger partial charge in [0.05, 0.1) is 7.11 Å². The fraction of sp³-hybridized carbons (Fsp3) is 0.588. The van der Waals surface area contributed by atoms with Gasteiger partial charge in [0.25, 0.3) is 0 Å². The van der Waals surface area contributed by atoms with Gasteiger partial charge in [-0.05, 0) is 18.1 Å². The predicted molar refractivity (Wildman–Crippen MR) is 84.6 cm³/mol. The van der Waals surface area contributed by atoms with E-state index >= 15 is 0 Å². The third kappa shape index (κ3) is 4.21. The van der Waals surface area contributed by atoms with Crippen molar-refractivity contribution >= 4 is 5.91 Å². The largest absolute Gasteiger partial charge is 0.496 e. The van der Waals surface area contributed by atoms with Gasteiger partial charge in [-0.1, -0.05) is 32.0 Å². The quantitative estimate of drug-likeness (QED) is 0.832. The molecule has 0 bridgehead atoms. The molecule has 116 valence electrons. The van der Waals surface area contributed by atoms with Crippen LogP contribution in [0.15, 0.2) is 24.3 Å². The first-order chi connectivity index (χ1) is 10.1. The number of benzene rings is 1. The van der Waals surface area contributed by atoms with Crippen LogP contribution in [0, 0.1) is 5.92 Å². The van der Waals surface area contributed by atoms with Crippen LogP contribution in [0.1, 0.15) is 19.4 Å². The van der Waals surface area contributed by atoms with Gasteiger partial charge in [-0.3, -0.25) is 9.69 Å². The summed E-state index contributed by atoms with van der Waals surface area (Å²) in [6.07, 6.45) is 0.988. The molecule has 4 nitrogen and oxygen atoms in total. The second-order valence-electron chi connectivity index (χ2n) is 5.88. The monoisotopic (exact) mass is 290 g/mol. The first-order valence-corrected chi connectivity index (χ1v) is 7.75. The molecule has 1 aliphatic rings. The Kier molecular flexibility index (Phi) is 5.62. The Hall–Kier alpha value is -1.55. The number of hydrogen-bond donors (Lipinski definition) is 0. The van der Waals surface area contributed by atoms with Crippen molar-refractivity contribution in [3.8, 4) is 5.75 Å². The maximum atomic E-state index is 12.0. The van der Waals surface area contributed by atoms with Gasteiger partial charge in [0, 0.05) is 38.6 Å². The molecule has 0 atom stereocenters. The number of piperazine rings is 1. The maximum absolute atomic E-state index is 12.0. The first-order valence-electron chi connectivity index (χ1n) is 7.75. The van der Waals surface area contributed by atoms with E-state index < -0.39 is 0 Å². The Morgan fingerprint density at radius 3 is 2.48 bits per heavy atom. The van der Waals surface area contributed by atoms with Gasteiger partial charge in [0.15, 0.2) is 0 Å². The number of hydrogen-bond acceptors (Lipinski definition) is 3. The van der Waals surface area contributed by atoms with Gasteiger partial charge < -0.3 is 9.64 Å². The van der Waals surface area contributed by atoms with Crippen molar-refractivity contribution in [3.63, 3.8) is 0 Å². The van der Waals surface area contributed by atoms with Gasteiger partial charge in [-0.25, -0.2) is 0 Å². The molecule has 2 rings (SSSR count). The Morgan fingerprint density at radius 1 is 1.19 bits per heavy atom. The summed E-state index contributed by atoms with van der Waals surface area (Å²) in [5, 5.41) is 0. The van der Waals surface area contributed by atoms with Crippen LogP contribution in [0.3, 0.4) is 0 Å². The molecule has 0 unspecified atom stereocenters. The molecule has 1 aromatic rings. The lowest BCUT2D eigenvalue weighted by Crippen LogP contribution is -2.50. The zero-order chi connectivity index (χ0) is 15.2. The Balaban J connectivity index is 1.80. The molecule has 1 saturated heterocycles. The molecule has 1 aliphatic heterocycles. The van der Waals surface area contributed by atoms with Crippen LogP contribution in [-0.4, -0.2) is 55.5 Å². The lowest BCUT2D eigenvalue weighted by molar-refractivity contribution is -0.136. The molecule has 0 aromatic heterocycles. The minimum atomic E-state index is 0.102. The lowest BCUT2D eigenvalue weighted by atomic mass is 10.1. The van der Waals surface area contributed by atoms with Crippen molar-refractivity contribution in [1.29, 1.82) is 0 Å². The second kappa shape index (κ2) is 7.46. The van der Waals surface area contributed by atoms with Crippen LogP contribution in [0.5, 0.6) is 5.75 Å². The highest BCUT2D eigenvalue weighted by Gasteiger charge is 2.22. The van der Waals surface area contributed by atoms with Gasteiger partial charge in [0.2, 0.25) is 5.91 Å². The number of para-hydroxylation sites is 1. The van der Waals surface area contributed by atoms with Crippen molar-refractivity contribution in [2.24, 2.45) is 5.92 Å². The molecule has 4 heteroatoms. The zero-order valence-corrected chi connectivity index (χ0v) is 13.3. The molecule has 0 spiro atoms. The SMILES string of the molecule is COc1ccccc1CCN1CCN(C(=O)C(C)C)CC1. The summed E-state index contributed by atoms with van der Waals surface area (Å²) < 4.78 is 5.39. The maximum Gasteiger partial charge on any atom is 0.225 e. The summed E-state index contributed by atoms with van der Waals surface area (Å²) in [5.41, 5.74) is 1.25. The van der Waals surface area contributed by atoms with Gasteiger partial charge >= 0.3 is 0 Å². The first kappa shape index (κ1) is 15.8. The van der Waals surface area contributed by atoms with E-state index in [4.69, 9.17) is 4.74 Å². The molecule has 1 heterocycles. The van der Waals surface area contributed by atoms with Crippen LogP contribution in [0.4, 0.5) is 0 Å². The molecule has 1 fully saturated rings. The van der Waals surface area contributed by atoms with E-state index in [0.29, 0.717) is 0 Å². The van der Waals surface area contributed by atoms with E-state index in [2.05, 4.69) is 17.0 Å². The predicted octanol–water partition coefficient (Wildman–Crippen LogP) is 2.04. The molecule has 1 amide bonds. The fourth-order valence-electron chi connectivity index (χ4n) is 2.75. The Bertz CT molecular complexity index is 466. The van der Waals surface area contributed by atoms with E-state index in [9.17, 15) is 4.79 Å². The number of methoxy groups -OCH3 is 1. The molecule has 0 saturated carbocycles. The van der Waals surface area contributed by atoms with E-state index in [1.807, 2.05) is 30.9 Å². The van der Waals surface area contributed by atoms with E-state index in [1.54, 1.807) is 7.11 Å². The average Bonchev–Trinajstić information content (AvgIpc) is 2.52. The summed E-state index contributed by atoms with van der Waals surface area (Å²) in [7, 11) is 1.72. The summed E-state index contributed by atoms with van der Waals surface area (Å²) in [4.78, 5) is 16.4. The minimum Gasteiger partial charge on any atom is -0.496 e. The van der Waals surface area contributed by atoms with Crippen molar-refractivity contribution < 1.29 is 9.53 Å². The second-order valence-corrected chi connectivity index (χ2v) is 5.88. The number of carbonyl (C=O) groups is 1. The van der Waals surface area contributed by atoms with Gasteiger partial charge in [0.1, 0.15) is 5.75 Å². The minimum absolute atomic E-state index is 0.102. The lowest BCUT2D eigenvalue weighted by Gasteiger charge is -2.35. The van der Waals surface area contributed by atoms with Gasteiger partial charge in [-0.15, -0.1) is 0 Å². The van der Waals surface area contributed by atoms with E-state index in [1.165, 1.54) is 5.56 Å². The standard InChI is InChI=1S/C17H26N2O2/c1-14(2)17(20)19-12-10-18(11-13-19)9-8-15-6-4-5-7-16(15)21-3/h4-7,14H,8-13H2,1-3H3. The highest BCUT2D eigenvalue weighted by atomic mass is 16.5. The zero-order valence-electron chi connectivity index (χ0n) is 13.3. The number of ether oxygens (including phenoxy) is 1. The van der Waals surface area contributed by atoms with E-state index in [-0.39, 0.29) is 11.8 Å². The molecule has 0 aliphatic carbocycles. The summed E-state index contributed by atoms with van der Waals surface area (Å²) in [5.74, 6) is 1.34. The molecular weight excluding hydrogens is 264 g/mol.